The highest BCUT2D eigenvalue weighted by atomic mass is 16.5. The van der Waals surface area contributed by atoms with Gasteiger partial charge in [0.2, 0.25) is 5.91 Å². The zero-order valence-electron chi connectivity index (χ0n) is 18.8. The Labute approximate surface area is 193 Å². The highest BCUT2D eigenvalue weighted by Gasteiger charge is 2.45. The van der Waals surface area contributed by atoms with Crippen LogP contribution in [0, 0.1) is 0 Å². The number of carboxylic acid groups (broad SMARTS) is 1. The average Bonchev–Trinajstić information content (AvgIpc) is 3.08. The number of carbonyl (C=O) groups excluding carboxylic acids is 2. The summed E-state index contributed by atoms with van der Waals surface area (Å²) in [4.78, 5) is 36.6. The Kier molecular flexibility index (Phi) is 6.67. The van der Waals surface area contributed by atoms with Crippen LogP contribution in [0.15, 0.2) is 48.5 Å². The first-order chi connectivity index (χ1) is 15.9. The van der Waals surface area contributed by atoms with Gasteiger partial charge in [-0.15, -0.1) is 0 Å². The molecule has 1 saturated carbocycles. The van der Waals surface area contributed by atoms with Crippen molar-refractivity contribution in [1.29, 1.82) is 0 Å². The van der Waals surface area contributed by atoms with Crippen molar-refractivity contribution >= 4 is 18.0 Å². The van der Waals surface area contributed by atoms with E-state index >= 15 is 0 Å². The van der Waals surface area contributed by atoms with Gasteiger partial charge in [0.25, 0.3) is 0 Å². The molecule has 174 valence electrons. The fraction of sp³-hybridized carbons (Fsp3) is 0.423. The number of aliphatic carboxylic acids is 1. The Hall–Kier alpha value is -3.35. The van der Waals surface area contributed by atoms with Crippen LogP contribution in [0.2, 0.25) is 0 Å². The van der Waals surface area contributed by atoms with Gasteiger partial charge in [0.15, 0.2) is 0 Å². The van der Waals surface area contributed by atoms with Crippen molar-refractivity contribution in [3.05, 3.63) is 59.7 Å². The first-order valence-electron chi connectivity index (χ1n) is 11.6. The van der Waals surface area contributed by atoms with Crippen molar-refractivity contribution in [2.45, 2.75) is 62.9 Å². The van der Waals surface area contributed by atoms with E-state index in [0.717, 1.165) is 35.1 Å². The quantitative estimate of drug-likeness (QED) is 0.531. The number of rotatable bonds is 9. The Bertz CT molecular complexity index is 1000. The van der Waals surface area contributed by atoms with Crippen LogP contribution in [0.5, 0.6) is 0 Å². The third kappa shape index (κ3) is 4.72. The van der Waals surface area contributed by atoms with Crippen molar-refractivity contribution in [1.82, 2.24) is 10.6 Å². The second-order valence-electron chi connectivity index (χ2n) is 8.95. The van der Waals surface area contributed by atoms with E-state index in [4.69, 9.17) is 4.74 Å². The SMILES string of the molecule is CCCC(CC(=O)NC1(C(=O)O)CCC1)NC(=O)OCC1c2ccccc2-c2ccccc21. The van der Waals surface area contributed by atoms with Gasteiger partial charge in [-0.1, -0.05) is 61.9 Å². The first kappa shape index (κ1) is 22.8. The Morgan fingerprint density at radius 1 is 1.06 bits per heavy atom. The summed E-state index contributed by atoms with van der Waals surface area (Å²) in [6.07, 6.45) is 2.47. The second-order valence-corrected chi connectivity index (χ2v) is 8.95. The minimum absolute atomic E-state index is 0.0209. The van der Waals surface area contributed by atoms with Crippen LogP contribution in [-0.2, 0) is 14.3 Å². The van der Waals surface area contributed by atoms with Crippen LogP contribution in [0.25, 0.3) is 11.1 Å². The molecular formula is C26H30N2O5. The molecule has 7 heteroatoms. The molecule has 2 aromatic carbocycles. The molecule has 0 heterocycles. The van der Waals surface area contributed by atoms with E-state index in [-0.39, 0.29) is 24.9 Å². The Morgan fingerprint density at radius 2 is 1.67 bits per heavy atom. The number of hydrogen-bond donors (Lipinski definition) is 3. The maximum absolute atomic E-state index is 12.6. The molecule has 2 amide bonds. The van der Waals surface area contributed by atoms with Gasteiger partial charge in [-0.2, -0.15) is 0 Å². The third-order valence-electron chi connectivity index (χ3n) is 6.73. The van der Waals surface area contributed by atoms with Gasteiger partial charge in [-0.25, -0.2) is 9.59 Å². The molecule has 1 atom stereocenters. The average molecular weight is 451 g/mol. The first-order valence-corrected chi connectivity index (χ1v) is 11.6. The Morgan fingerprint density at radius 3 is 2.18 bits per heavy atom. The number of ether oxygens (including phenoxy) is 1. The molecule has 0 bridgehead atoms. The number of benzene rings is 2. The molecule has 7 nitrogen and oxygen atoms in total. The molecule has 0 spiro atoms. The summed E-state index contributed by atoms with van der Waals surface area (Å²) >= 11 is 0. The summed E-state index contributed by atoms with van der Waals surface area (Å²) in [5.74, 6) is -1.40. The van der Waals surface area contributed by atoms with E-state index < -0.39 is 23.6 Å². The predicted octanol–water partition coefficient (Wildman–Crippen LogP) is 4.21. The molecule has 3 N–H and O–H groups in total. The van der Waals surface area contributed by atoms with E-state index in [0.29, 0.717) is 19.3 Å². The van der Waals surface area contributed by atoms with E-state index in [2.05, 4.69) is 34.9 Å². The standard InChI is InChI=1S/C26H30N2O5/c1-2-8-17(15-23(29)28-26(24(30)31)13-7-14-26)27-25(32)33-16-22-20-11-5-3-9-18(20)19-10-4-6-12-21(19)22/h3-6,9-12,17,22H,2,7-8,13-16H2,1H3,(H,27,32)(H,28,29)(H,30,31). The van der Waals surface area contributed by atoms with Gasteiger partial charge in [-0.3, -0.25) is 4.79 Å². The fourth-order valence-electron chi connectivity index (χ4n) is 4.84. The van der Waals surface area contributed by atoms with Crippen LogP contribution in [0.3, 0.4) is 0 Å². The van der Waals surface area contributed by atoms with E-state index in [1.807, 2.05) is 31.2 Å². The minimum atomic E-state index is -1.16. The number of fused-ring (bicyclic) bond motifs is 3. The highest BCUT2D eigenvalue weighted by Crippen LogP contribution is 2.44. The summed E-state index contributed by atoms with van der Waals surface area (Å²) in [6, 6.07) is 15.8. The summed E-state index contributed by atoms with van der Waals surface area (Å²) in [6.45, 7) is 2.17. The third-order valence-corrected chi connectivity index (χ3v) is 6.73. The normalized spacial score (nSPS) is 16.6. The lowest BCUT2D eigenvalue weighted by Crippen LogP contribution is -2.59. The molecule has 4 rings (SSSR count). The van der Waals surface area contributed by atoms with Crippen LogP contribution in [-0.4, -0.2) is 41.3 Å². The molecule has 0 aromatic heterocycles. The summed E-state index contributed by atoms with van der Waals surface area (Å²) < 4.78 is 5.59. The topological polar surface area (TPSA) is 105 Å². The summed E-state index contributed by atoms with van der Waals surface area (Å²) in [5, 5.41) is 14.9. The fourth-order valence-corrected chi connectivity index (χ4v) is 4.84. The molecule has 0 aliphatic heterocycles. The van der Waals surface area contributed by atoms with E-state index in [1.165, 1.54) is 0 Å². The smallest absolute Gasteiger partial charge is 0.407 e. The highest BCUT2D eigenvalue weighted by molar-refractivity contribution is 5.88. The van der Waals surface area contributed by atoms with Gasteiger partial charge < -0.3 is 20.5 Å². The molecule has 2 aromatic rings. The molecule has 2 aliphatic rings. The zero-order chi connectivity index (χ0) is 23.4. The number of carbonyl (C=O) groups is 3. The summed E-state index contributed by atoms with van der Waals surface area (Å²) in [5.41, 5.74) is 3.43. The van der Waals surface area contributed by atoms with Crippen molar-refractivity contribution in [2.24, 2.45) is 0 Å². The molecular weight excluding hydrogens is 420 g/mol. The van der Waals surface area contributed by atoms with Gasteiger partial charge in [0.1, 0.15) is 12.1 Å². The molecule has 0 radical (unpaired) electrons. The molecule has 0 saturated heterocycles. The molecule has 1 unspecified atom stereocenters. The molecule has 2 aliphatic carbocycles. The van der Waals surface area contributed by atoms with Crippen molar-refractivity contribution < 1.29 is 24.2 Å². The van der Waals surface area contributed by atoms with E-state index in [1.54, 1.807) is 0 Å². The largest absolute Gasteiger partial charge is 0.480 e. The van der Waals surface area contributed by atoms with Crippen molar-refractivity contribution in [3.63, 3.8) is 0 Å². The van der Waals surface area contributed by atoms with Crippen LogP contribution in [0.4, 0.5) is 4.79 Å². The number of alkyl carbamates (subject to hydrolysis) is 1. The number of carboxylic acids is 1. The van der Waals surface area contributed by atoms with Gasteiger partial charge >= 0.3 is 12.1 Å². The van der Waals surface area contributed by atoms with Crippen LogP contribution >= 0.6 is 0 Å². The number of hydrogen-bond acceptors (Lipinski definition) is 4. The lowest BCUT2D eigenvalue weighted by molar-refractivity contribution is -0.151. The van der Waals surface area contributed by atoms with Crippen molar-refractivity contribution in [3.8, 4) is 11.1 Å². The minimum Gasteiger partial charge on any atom is -0.480 e. The van der Waals surface area contributed by atoms with Gasteiger partial charge in [0, 0.05) is 18.4 Å². The maximum Gasteiger partial charge on any atom is 0.407 e. The number of nitrogens with one attached hydrogen (secondary N) is 2. The lowest BCUT2D eigenvalue weighted by Gasteiger charge is -2.38. The Balaban J connectivity index is 1.35. The van der Waals surface area contributed by atoms with Gasteiger partial charge in [-0.05, 0) is 47.9 Å². The summed E-state index contributed by atoms with van der Waals surface area (Å²) in [7, 11) is 0. The molecule has 1 fully saturated rings. The number of amides is 2. The zero-order valence-corrected chi connectivity index (χ0v) is 18.8. The predicted molar refractivity (Wildman–Crippen MR) is 124 cm³/mol. The van der Waals surface area contributed by atoms with Crippen molar-refractivity contribution in [2.75, 3.05) is 6.61 Å². The van der Waals surface area contributed by atoms with Gasteiger partial charge in [0.05, 0.1) is 0 Å². The van der Waals surface area contributed by atoms with Crippen LogP contribution in [0.1, 0.15) is 62.5 Å². The lowest BCUT2D eigenvalue weighted by atomic mass is 9.76. The molecule has 33 heavy (non-hydrogen) atoms. The monoisotopic (exact) mass is 450 g/mol. The second kappa shape index (κ2) is 9.65. The maximum atomic E-state index is 12.6. The van der Waals surface area contributed by atoms with Crippen LogP contribution < -0.4 is 10.6 Å². The van der Waals surface area contributed by atoms with E-state index in [9.17, 15) is 19.5 Å².